The van der Waals surface area contributed by atoms with E-state index in [0.717, 1.165) is 12.6 Å². The van der Waals surface area contributed by atoms with E-state index in [9.17, 15) is 14.6 Å². The summed E-state index contributed by atoms with van der Waals surface area (Å²) >= 11 is 0. The minimum Gasteiger partial charge on any atom is -0.508 e. The van der Waals surface area contributed by atoms with E-state index in [1.165, 1.54) is 12.1 Å². The van der Waals surface area contributed by atoms with E-state index in [2.05, 4.69) is 10.6 Å². The molecule has 2 atom stereocenters. The van der Waals surface area contributed by atoms with Gasteiger partial charge in [0, 0.05) is 38.2 Å². The van der Waals surface area contributed by atoms with Gasteiger partial charge in [0.1, 0.15) is 11.6 Å². The summed E-state index contributed by atoms with van der Waals surface area (Å²) in [5, 5.41) is 25.1. The van der Waals surface area contributed by atoms with Crippen molar-refractivity contribution in [2.75, 3.05) is 19.6 Å². The fraction of sp³-hybridized carbons (Fsp3) is 0.500. The van der Waals surface area contributed by atoms with Gasteiger partial charge in [0.05, 0.1) is 6.10 Å². The lowest BCUT2D eigenvalue weighted by Crippen LogP contribution is -2.30. The molecule has 6 heteroatoms. The Morgan fingerprint density at radius 1 is 1.33 bits per heavy atom. The number of rotatable bonds is 4. The highest BCUT2D eigenvalue weighted by molar-refractivity contribution is 5.85. The zero-order valence-corrected chi connectivity index (χ0v) is 10.7. The summed E-state index contributed by atoms with van der Waals surface area (Å²) in [5.41, 5.74) is 0.697. The van der Waals surface area contributed by atoms with Crippen molar-refractivity contribution in [2.24, 2.45) is 5.92 Å². The van der Waals surface area contributed by atoms with Gasteiger partial charge < -0.3 is 20.8 Å². The Kier molecular flexibility index (Phi) is 5.81. The zero-order chi connectivity index (χ0) is 12.3. The average Bonchev–Trinajstić information content (AvgIpc) is 2.63. The van der Waals surface area contributed by atoms with Crippen LogP contribution in [0.3, 0.4) is 0 Å². The summed E-state index contributed by atoms with van der Waals surface area (Å²) in [7, 11) is 0. The first-order valence-electron chi connectivity index (χ1n) is 5.73. The molecule has 4 N–H and O–H groups in total. The van der Waals surface area contributed by atoms with E-state index in [0.29, 0.717) is 25.2 Å². The van der Waals surface area contributed by atoms with Gasteiger partial charge in [0.2, 0.25) is 0 Å². The highest BCUT2D eigenvalue weighted by Crippen LogP contribution is 2.14. The highest BCUT2D eigenvalue weighted by atomic mass is 35.5. The molecule has 0 aromatic heterocycles. The van der Waals surface area contributed by atoms with E-state index in [-0.39, 0.29) is 30.2 Å². The van der Waals surface area contributed by atoms with Crippen molar-refractivity contribution in [1.29, 1.82) is 0 Å². The third-order valence-electron chi connectivity index (χ3n) is 2.98. The van der Waals surface area contributed by atoms with E-state index in [1.54, 1.807) is 0 Å². The van der Waals surface area contributed by atoms with Crippen molar-refractivity contribution in [3.63, 3.8) is 0 Å². The van der Waals surface area contributed by atoms with Crippen LogP contribution in [0.15, 0.2) is 18.2 Å². The SMILES string of the molecule is Cl.Oc1cc(F)cc(CNCC2CNCC2O)c1. The number of β-amino-alcohol motifs (C(OH)–C–C–N with tert-alkyl or cyclic N) is 1. The molecule has 1 saturated heterocycles. The Morgan fingerprint density at radius 3 is 2.72 bits per heavy atom. The molecule has 2 unspecified atom stereocenters. The van der Waals surface area contributed by atoms with E-state index >= 15 is 0 Å². The van der Waals surface area contributed by atoms with Gasteiger partial charge in [0.15, 0.2) is 0 Å². The molecular weight excluding hydrogens is 259 g/mol. The number of phenols is 1. The fourth-order valence-corrected chi connectivity index (χ4v) is 2.06. The fourth-order valence-electron chi connectivity index (χ4n) is 2.06. The normalized spacial score (nSPS) is 22.8. The monoisotopic (exact) mass is 276 g/mol. The Morgan fingerprint density at radius 2 is 2.11 bits per heavy atom. The van der Waals surface area contributed by atoms with Crippen LogP contribution in [0.25, 0.3) is 0 Å². The summed E-state index contributed by atoms with van der Waals surface area (Å²) in [5.74, 6) is -0.314. The molecule has 1 heterocycles. The molecular formula is C12H18ClFN2O2. The minimum absolute atomic E-state index is 0. The van der Waals surface area contributed by atoms with Gasteiger partial charge in [-0.15, -0.1) is 12.4 Å². The molecule has 1 aliphatic heterocycles. The second-order valence-electron chi connectivity index (χ2n) is 4.43. The lowest BCUT2D eigenvalue weighted by atomic mass is 10.1. The van der Waals surface area contributed by atoms with Gasteiger partial charge in [-0.05, 0) is 17.7 Å². The molecule has 1 aromatic carbocycles. The maximum Gasteiger partial charge on any atom is 0.127 e. The number of phenolic OH excluding ortho intramolecular Hbond substituents is 1. The van der Waals surface area contributed by atoms with Crippen molar-refractivity contribution in [3.05, 3.63) is 29.6 Å². The van der Waals surface area contributed by atoms with Crippen LogP contribution in [0, 0.1) is 11.7 Å². The van der Waals surface area contributed by atoms with Crippen LogP contribution in [0.2, 0.25) is 0 Å². The second-order valence-corrected chi connectivity index (χ2v) is 4.43. The number of nitrogens with one attached hydrogen (secondary N) is 2. The Bertz CT molecular complexity index is 372. The predicted octanol–water partition coefficient (Wildman–Crippen LogP) is 0.623. The standard InChI is InChI=1S/C12H17FN2O2.ClH/c13-10-1-8(2-11(16)3-10)4-14-5-9-6-15-7-12(9)17;/h1-3,9,12,14-17H,4-7H2;1H. The Hall–Kier alpha value is -0.880. The smallest absolute Gasteiger partial charge is 0.127 e. The number of benzene rings is 1. The van der Waals surface area contributed by atoms with Crippen LogP contribution in [0.5, 0.6) is 5.75 Å². The van der Waals surface area contributed by atoms with Crippen molar-refractivity contribution in [3.8, 4) is 5.75 Å². The molecule has 0 radical (unpaired) electrons. The van der Waals surface area contributed by atoms with Crippen LogP contribution >= 0.6 is 12.4 Å². The Balaban J connectivity index is 0.00000162. The van der Waals surface area contributed by atoms with Crippen LogP contribution in [0.1, 0.15) is 5.56 Å². The first kappa shape index (κ1) is 15.2. The van der Waals surface area contributed by atoms with E-state index in [4.69, 9.17) is 0 Å². The van der Waals surface area contributed by atoms with Crippen molar-refractivity contribution >= 4 is 12.4 Å². The Labute approximate surface area is 112 Å². The number of hydrogen-bond donors (Lipinski definition) is 4. The van der Waals surface area contributed by atoms with Gasteiger partial charge in [-0.3, -0.25) is 0 Å². The lowest BCUT2D eigenvalue weighted by molar-refractivity contribution is 0.146. The number of aliphatic hydroxyl groups is 1. The lowest BCUT2D eigenvalue weighted by Gasteiger charge is -2.14. The number of hydrogen-bond acceptors (Lipinski definition) is 4. The maximum absolute atomic E-state index is 13.0. The van der Waals surface area contributed by atoms with Crippen molar-refractivity contribution < 1.29 is 14.6 Å². The highest BCUT2D eigenvalue weighted by Gasteiger charge is 2.23. The molecule has 4 nitrogen and oxygen atoms in total. The summed E-state index contributed by atoms with van der Waals surface area (Å²) in [6.45, 7) is 2.58. The molecule has 0 amide bonds. The number of aliphatic hydroxyl groups excluding tert-OH is 1. The van der Waals surface area contributed by atoms with Gasteiger partial charge in [-0.2, -0.15) is 0 Å². The summed E-state index contributed by atoms with van der Waals surface area (Å²) in [6.07, 6.45) is -0.316. The molecule has 102 valence electrons. The van der Waals surface area contributed by atoms with Crippen LogP contribution < -0.4 is 10.6 Å². The van der Waals surface area contributed by atoms with E-state index < -0.39 is 5.82 Å². The minimum atomic E-state index is -0.440. The first-order chi connectivity index (χ1) is 8.15. The van der Waals surface area contributed by atoms with Crippen LogP contribution in [-0.4, -0.2) is 36.0 Å². The van der Waals surface area contributed by atoms with Crippen molar-refractivity contribution in [1.82, 2.24) is 10.6 Å². The van der Waals surface area contributed by atoms with Gasteiger partial charge in [-0.25, -0.2) is 4.39 Å². The second kappa shape index (κ2) is 6.89. The average molecular weight is 277 g/mol. The van der Waals surface area contributed by atoms with Gasteiger partial charge >= 0.3 is 0 Å². The van der Waals surface area contributed by atoms with Gasteiger partial charge in [-0.1, -0.05) is 0 Å². The van der Waals surface area contributed by atoms with Crippen LogP contribution in [0.4, 0.5) is 4.39 Å². The predicted molar refractivity (Wildman–Crippen MR) is 69.4 cm³/mol. The number of aromatic hydroxyl groups is 1. The summed E-state index contributed by atoms with van der Waals surface area (Å²) < 4.78 is 13.0. The first-order valence-corrected chi connectivity index (χ1v) is 5.73. The maximum atomic E-state index is 13.0. The molecule has 18 heavy (non-hydrogen) atoms. The number of halogens is 2. The molecule has 2 rings (SSSR count). The third-order valence-corrected chi connectivity index (χ3v) is 2.98. The molecule has 0 bridgehead atoms. The van der Waals surface area contributed by atoms with Crippen LogP contribution in [-0.2, 0) is 6.54 Å². The van der Waals surface area contributed by atoms with Crippen molar-refractivity contribution in [2.45, 2.75) is 12.6 Å². The topological polar surface area (TPSA) is 64.5 Å². The molecule has 1 aromatic rings. The van der Waals surface area contributed by atoms with Gasteiger partial charge in [0.25, 0.3) is 0 Å². The summed E-state index contributed by atoms with van der Waals surface area (Å²) in [4.78, 5) is 0. The van der Waals surface area contributed by atoms with E-state index in [1.807, 2.05) is 0 Å². The molecule has 1 fully saturated rings. The molecule has 0 aliphatic carbocycles. The third kappa shape index (κ3) is 4.10. The summed E-state index contributed by atoms with van der Waals surface area (Å²) in [6, 6.07) is 3.99. The molecule has 1 aliphatic rings. The quantitative estimate of drug-likeness (QED) is 0.651. The molecule has 0 spiro atoms. The zero-order valence-electron chi connectivity index (χ0n) is 9.90. The molecule has 0 saturated carbocycles. The largest absolute Gasteiger partial charge is 0.508 e.